The second-order valence-corrected chi connectivity index (χ2v) is 7.82. The number of nitrogens with two attached hydrogens (primary N) is 1. The van der Waals surface area contributed by atoms with Gasteiger partial charge in [0.2, 0.25) is 5.91 Å². The van der Waals surface area contributed by atoms with Crippen molar-refractivity contribution >= 4 is 17.7 Å². The van der Waals surface area contributed by atoms with Gasteiger partial charge < -0.3 is 15.4 Å². The van der Waals surface area contributed by atoms with Crippen LogP contribution in [0.5, 0.6) is 0 Å². The first-order chi connectivity index (χ1) is 8.83. The number of amides is 1. The van der Waals surface area contributed by atoms with Gasteiger partial charge in [-0.25, -0.2) is 0 Å². The molecular formula is C14H26N2O2S. The van der Waals surface area contributed by atoms with Crippen molar-refractivity contribution in [2.75, 3.05) is 25.4 Å². The third-order valence-corrected chi connectivity index (χ3v) is 5.88. The van der Waals surface area contributed by atoms with Crippen LogP contribution >= 0.6 is 11.8 Å². The highest BCUT2D eigenvalue weighted by Gasteiger charge is 2.63. The Labute approximate surface area is 120 Å². The third kappa shape index (κ3) is 2.41. The van der Waals surface area contributed by atoms with Crippen LogP contribution in [0.3, 0.4) is 0 Å². The van der Waals surface area contributed by atoms with Crippen LogP contribution in [0.25, 0.3) is 0 Å². The van der Waals surface area contributed by atoms with Gasteiger partial charge in [0, 0.05) is 42.5 Å². The van der Waals surface area contributed by atoms with Crippen LogP contribution in [0.4, 0.5) is 0 Å². The van der Waals surface area contributed by atoms with E-state index in [1.54, 1.807) is 0 Å². The molecule has 3 unspecified atom stereocenters. The molecule has 110 valence electrons. The van der Waals surface area contributed by atoms with Gasteiger partial charge in [0.05, 0.1) is 6.10 Å². The van der Waals surface area contributed by atoms with Crippen LogP contribution in [0.1, 0.15) is 34.1 Å². The lowest BCUT2D eigenvalue weighted by atomic mass is 9.54. The Morgan fingerprint density at radius 3 is 2.74 bits per heavy atom. The van der Waals surface area contributed by atoms with Crippen molar-refractivity contribution in [3.8, 4) is 0 Å². The van der Waals surface area contributed by atoms with Gasteiger partial charge in [-0.05, 0) is 6.92 Å². The smallest absolute Gasteiger partial charge is 0.243 e. The highest BCUT2D eigenvalue weighted by atomic mass is 32.2. The highest BCUT2D eigenvalue weighted by Crippen LogP contribution is 2.50. The fourth-order valence-electron chi connectivity index (χ4n) is 3.08. The Morgan fingerprint density at radius 1 is 1.53 bits per heavy atom. The Morgan fingerprint density at radius 2 is 2.21 bits per heavy atom. The molecule has 1 saturated carbocycles. The summed E-state index contributed by atoms with van der Waals surface area (Å²) in [4.78, 5) is 14.7. The fraction of sp³-hybridized carbons (Fsp3) is 0.929. The van der Waals surface area contributed by atoms with E-state index >= 15 is 0 Å². The van der Waals surface area contributed by atoms with Crippen LogP contribution in [-0.4, -0.2) is 53.1 Å². The zero-order valence-corrected chi connectivity index (χ0v) is 13.3. The summed E-state index contributed by atoms with van der Waals surface area (Å²) in [7, 11) is 0. The van der Waals surface area contributed by atoms with Crippen molar-refractivity contribution in [3.63, 3.8) is 0 Å². The molecule has 2 aliphatic rings. The molecule has 0 radical (unpaired) electrons. The van der Waals surface area contributed by atoms with Crippen molar-refractivity contribution in [1.29, 1.82) is 0 Å². The predicted octanol–water partition coefficient (Wildman–Crippen LogP) is 1.48. The standard InChI is InChI=1S/C14H26N2O2S/c1-5-18-11-8-14(15,13(11,3)4)12(17)16-6-7-19-10(2)9-16/h10-11H,5-9,15H2,1-4H3. The predicted molar refractivity (Wildman–Crippen MR) is 79.2 cm³/mol. The van der Waals surface area contributed by atoms with Gasteiger partial charge in [-0.2, -0.15) is 11.8 Å². The molecular weight excluding hydrogens is 260 g/mol. The van der Waals surface area contributed by atoms with E-state index in [-0.39, 0.29) is 17.4 Å². The van der Waals surface area contributed by atoms with Gasteiger partial charge >= 0.3 is 0 Å². The largest absolute Gasteiger partial charge is 0.378 e. The number of nitrogens with zero attached hydrogens (tertiary/aromatic N) is 1. The lowest BCUT2D eigenvalue weighted by Crippen LogP contribution is -2.76. The van der Waals surface area contributed by atoms with Gasteiger partial charge in [-0.3, -0.25) is 4.79 Å². The molecule has 1 aliphatic heterocycles. The van der Waals surface area contributed by atoms with E-state index < -0.39 is 5.54 Å². The average molecular weight is 286 g/mol. The van der Waals surface area contributed by atoms with Gasteiger partial charge in [0.25, 0.3) is 0 Å². The van der Waals surface area contributed by atoms with Gasteiger partial charge in [0.1, 0.15) is 5.54 Å². The fourth-order valence-corrected chi connectivity index (χ4v) is 4.10. The minimum atomic E-state index is -0.755. The Balaban J connectivity index is 2.07. The maximum Gasteiger partial charge on any atom is 0.243 e. The summed E-state index contributed by atoms with van der Waals surface area (Å²) >= 11 is 1.92. The summed E-state index contributed by atoms with van der Waals surface area (Å²) in [6.45, 7) is 10.6. The molecule has 1 heterocycles. The molecule has 0 bridgehead atoms. The van der Waals surface area contributed by atoms with Crippen molar-refractivity contribution in [2.45, 2.75) is 51.0 Å². The van der Waals surface area contributed by atoms with Crippen molar-refractivity contribution < 1.29 is 9.53 Å². The van der Waals surface area contributed by atoms with E-state index in [2.05, 4.69) is 20.8 Å². The molecule has 19 heavy (non-hydrogen) atoms. The molecule has 2 rings (SSSR count). The summed E-state index contributed by atoms with van der Waals surface area (Å²) in [5.74, 6) is 1.12. The summed E-state index contributed by atoms with van der Waals surface area (Å²) in [5.41, 5.74) is 5.40. The van der Waals surface area contributed by atoms with E-state index in [0.29, 0.717) is 18.3 Å². The molecule has 3 atom stereocenters. The zero-order valence-electron chi connectivity index (χ0n) is 12.4. The van der Waals surface area contributed by atoms with Crippen LogP contribution in [0, 0.1) is 5.41 Å². The second-order valence-electron chi connectivity index (χ2n) is 6.27. The van der Waals surface area contributed by atoms with Crippen LogP contribution in [0.15, 0.2) is 0 Å². The van der Waals surface area contributed by atoms with Crippen LogP contribution < -0.4 is 5.73 Å². The minimum absolute atomic E-state index is 0.100. The molecule has 1 saturated heterocycles. The summed E-state index contributed by atoms with van der Waals surface area (Å²) in [6.07, 6.45) is 0.744. The molecule has 0 spiro atoms. The van der Waals surface area contributed by atoms with Crippen LogP contribution in [0.2, 0.25) is 0 Å². The van der Waals surface area contributed by atoms with Crippen molar-refractivity contribution in [3.05, 3.63) is 0 Å². The SMILES string of the molecule is CCOC1CC(N)(C(=O)N2CCSC(C)C2)C1(C)C. The van der Waals surface area contributed by atoms with Crippen LogP contribution in [-0.2, 0) is 9.53 Å². The summed E-state index contributed by atoms with van der Waals surface area (Å²) < 4.78 is 5.69. The van der Waals surface area contributed by atoms with E-state index in [9.17, 15) is 4.79 Å². The Bertz CT molecular complexity index is 361. The zero-order chi connectivity index (χ0) is 14.3. The van der Waals surface area contributed by atoms with E-state index in [1.165, 1.54) is 0 Å². The lowest BCUT2D eigenvalue weighted by molar-refractivity contribution is -0.179. The van der Waals surface area contributed by atoms with Gasteiger partial charge in [0.15, 0.2) is 0 Å². The molecule has 0 aromatic carbocycles. The van der Waals surface area contributed by atoms with Gasteiger partial charge in [-0.1, -0.05) is 20.8 Å². The monoisotopic (exact) mass is 286 g/mol. The molecule has 2 N–H and O–H groups in total. The van der Waals surface area contributed by atoms with Crippen molar-refractivity contribution in [2.24, 2.45) is 11.1 Å². The number of carbonyl (C=O) groups excluding carboxylic acids is 1. The van der Waals surface area contributed by atoms with E-state index in [1.807, 2.05) is 23.6 Å². The lowest BCUT2D eigenvalue weighted by Gasteiger charge is -2.59. The molecule has 0 aromatic rings. The maximum absolute atomic E-state index is 12.7. The molecule has 2 fully saturated rings. The second kappa shape index (κ2) is 5.26. The topological polar surface area (TPSA) is 55.6 Å². The molecule has 5 heteroatoms. The van der Waals surface area contributed by atoms with Crippen molar-refractivity contribution in [1.82, 2.24) is 4.90 Å². The summed E-state index contributed by atoms with van der Waals surface area (Å²) in [6, 6.07) is 0. The number of hydrogen-bond acceptors (Lipinski definition) is 4. The molecule has 1 aliphatic carbocycles. The first kappa shape index (κ1) is 15.1. The first-order valence-electron chi connectivity index (χ1n) is 7.14. The number of rotatable bonds is 3. The molecule has 1 amide bonds. The number of carbonyl (C=O) groups is 1. The minimum Gasteiger partial charge on any atom is -0.378 e. The van der Waals surface area contributed by atoms with E-state index in [0.717, 1.165) is 18.8 Å². The Hall–Kier alpha value is -0.260. The van der Waals surface area contributed by atoms with Gasteiger partial charge in [-0.15, -0.1) is 0 Å². The quantitative estimate of drug-likeness (QED) is 0.854. The number of hydrogen-bond donors (Lipinski definition) is 1. The number of ether oxygens (including phenoxy) is 1. The maximum atomic E-state index is 12.7. The normalized spacial score (nSPS) is 37.8. The Kier molecular flexibility index (Phi) is 4.19. The summed E-state index contributed by atoms with van der Waals surface area (Å²) in [5, 5.41) is 0.507. The third-order valence-electron chi connectivity index (χ3n) is 4.74. The molecule has 4 nitrogen and oxygen atoms in total. The first-order valence-corrected chi connectivity index (χ1v) is 8.19. The van der Waals surface area contributed by atoms with E-state index in [4.69, 9.17) is 10.5 Å². The molecule has 0 aromatic heterocycles. The highest BCUT2D eigenvalue weighted by molar-refractivity contribution is 7.99. The number of thioether (sulfide) groups is 1. The average Bonchev–Trinajstić information content (AvgIpc) is 2.37.